The van der Waals surface area contributed by atoms with Crippen molar-refractivity contribution >= 4 is 40.9 Å². The van der Waals surface area contributed by atoms with Gasteiger partial charge in [0.15, 0.2) is 0 Å². The lowest BCUT2D eigenvalue weighted by Crippen LogP contribution is -2.19. The summed E-state index contributed by atoms with van der Waals surface area (Å²) in [5, 5.41) is 2.29. The van der Waals surface area contributed by atoms with Gasteiger partial charge < -0.3 is 10.1 Å². The molecule has 128 valence electrons. The number of ether oxygens (including phenoxy) is 1. The lowest BCUT2D eigenvalue weighted by atomic mass is 10.2. The third-order valence-electron chi connectivity index (χ3n) is 2.96. The molecule has 0 aromatic heterocycles. The number of hydrogen-bond donors (Lipinski definition) is 1. The number of nitrogens with one attached hydrogen (secondary N) is 1. The van der Waals surface area contributed by atoms with E-state index in [2.05, 4.69) is 5.32 Å². The van der Waals surface area contributed by atoms with Gasteiger partial charge >= 0.3 is 5.97 Å². The molecule has 1 atom stereocenters. The highest BCUT2D eigenvalue weighted by atomic mass is 35.5. The Bertz CT molecular complexity index is 569. The number of carbonyl (C=O) groups excluding carboxylic acids is 2. The molecule has 1 amide bonds. The SMILES string of the molecule is CCCC(=O)Nc1cc(SC(CC)C(=O)OCC)c(Cl)cc1F. The van der Waals surface area contributed by atoms with Gasteiger partial charge in [-0.05, 0) is 31.9 Å². The second kappa shape index (κ2) is 9.78. The fourth-order valence-corrected chi connectivity index (χ4v) is 3.12. The largest absolute Gasteiger partial charge is 0.465 e. The molecule has 0 aliphatic rings. The van der Waals surface area contributed by atoms with Crippen LogP contribution in [-0.4, -0.2) is 23.7 Å². The first kappa shape index (κ1) is 19.8. The van der Waals surface area contributed by atoms with Crippen LogP contribution in [0.5, 0.6) is 0 Å². The molecule has 7 heteroatoms. The molecule has 0 aliphatic heterocycles. The van der Waals surface area contributed by atoms with Crippen LogP contribution in [0.15, 0.2) is 17.0 Å². The van der Waals surface area contributed by atoms with Gasteiger partial charge in [-0.3, -0.25) is 9.59 Å². The van der Waals surface area contributed by atoms with E-state index < -0.39 is 11.1 Å². The first-order chi connectivity index (χ1) is 10.9. The third kappa shape index (κ3) is 6.03. The van der Waals surface area contributed by atoms with Gasteiger partial charge in [0.25, 0.3) is 0 Å². The quantitative estimate of drug-likeness (QED) is 0.540. The predicted molar refractivity (Wildman–Crippen MR) is 91.5 cm³/mol. The zero-order chi connectivity index (χ0) is 17.4. The second-order valence-corrected chi connectivity index (χ2v) is 6.48. The van der Waals surface area contributed by atoms with Crippen molar-refractivity contribution in [2.45, 2.75) is 50.2 Å². The van der Waals surface area contributed by atoms with Crippen LogP contribution in [-0.2, 0) is 14.3 Å². The minimum Gasteiger partial charge on any atom is -0.465 e. The molecule has 0 heterocycles. The number of benzene rings is 1. The number of hydrogen-bond acceptors (Lipinski definition) is 4. The van der Waals surface area contributed by atoms with E-state index in [1.807, 2.05) is 13.8 Å². The van der Waals surface area contributed by atoms with E-state index in [1.54, 1.807) is 6.92 Å². The van der Waals surface area contributed by atoms with Crippen LogP contribution in [0.2, 0.25) is 5.02 Å². The minimum atomic E-state index is -0.604. The maximum Gasteiger partial charge on any atom is 0.319 e. The summed E-state index contributed by atoms with van der Waals surface area (Å²) in [5.74, 6) is -1.20. The summed E-state index contributed by atoms with van der Waals surface area (Å²) in [6, 6.07) is 2.60. The van der Waals surface area contributed by atoms with Gasteiger partial charge in [-0.15, -0.1) is 11.8 Å². The molecule has 1 aromatic carbocycles. The molecule has 0 radical (unpaired) electrons. The molecule has 0 saturated heterocycles. The Morgan fingerprint density at radius 2 is 2.04 bits per heavy atom. The molecule has 1 N–H and O–H groups in total. The fraction of sp³-hybridized carbons (Fsp3) is 0.500. The zero-order valence-corrected chi connectivity index (χ0v) is 15.0. The maximum atomic E-state index is 13.9. The van der Waals surface area contributed by atoms with Crippen LogP contribution >= 0.6 is 23.4 Å². The number of amides is 1. The number of rotatable bonds is 8. The molecule has 0 bridgehead atoms. The third-order valence-corrected chi connectivity index (χ3v) is 4.79. The topological polar surface area (TPSA) is 55.4 Å². The summed E-state index contributed by atoms with van der Waals surface area (Å²) in [6.07, 6.45) is 1.53. The van der Waals surface area contributed by atoms with Gasteiger partial charge in [0.2, 0.25) is 5.91 Å². The summed E-state index contributed by atoms with van der Waals surface area (Å²) in [7, 11) is 0. The van der Waals surface area contributed by atoms with E-state index in [1.165, 1.54) is 17.8 Å². The molecular formula is C16H21ClFNO3S. The highest BCUT2D eigenvalue weighted by Crippen LogP contribution is 2.35. The predicted octanol–water partition coefficient (Wildman–Crippen LogP) is 4.65. The first-order valence-electron chi connectivity index (χ1n) is 7.55. The van der Waals surface area contributed by atoms with E-state index in [0.717, 1.165) is 6.07 Å². The molecule has 0 fully saturated rings. The maximum absolute atomic E-state index is 13.9. The van der Waals surface area contributed by atoms with E-state index in [-0.39, 0.29) is 22.6 Å². The molecule has 1 rings (SSSR count). The summed E-state index contributed by atoms with van der Waals surface area (Å²) in [6.45, 7) is 5.76. The molecule has 0 spiro atoms. The number of anilines is 1. The lowest BCUT2D eigenvalue weighted by molar-refractivity contribution is -0.142. The Morgan fingerprint density at radius 1 is 1.35 bits per heavy atom. The van der Waals surface area contributed by atoms with Crippen molar-refractivity contribution in [3.8, 4) is 0 Å². The average Bonchev–Trinajstić information content (AvgIpc) is 2.49. The van der Waals surface area contributed by atoms with Gasteiger partial charge in [-0.2, -0.15) is 0 Å². The minimum absolute atomic E-state index is 0.0639. The molecular weight excluding hydrogens is 341 g/mol. The number of esters is 1. The summed E-state index contributed by atoms with van der Waals surface area (Å²) in [5.41, 5.74) is 0.0639. The number of thioether (sulfide) groups is 1. The van der Waals surface area contributed by atoms with Crippen LogP contribution in [0.25, 0.3) is 0 Å². The Kier molecular flexibility index (Phi) is 8.41. The van der Waals surface area contributed by atoms with Crippen LogP contribution < -0.4 is 5.32 Å². The van der Waals surface area contributed by atoms with Crippen molar-refractivity contribution in [3.63, 3.8) is 0 Å². The zero-order valence-electron chi connectivity index (χ0n) is 13.4. The van der Waals surface area contributed by atoms with E-state index in [4.69, 9.17) is 16.3 Å². The first-order valence-corrected chi connectivity index (χ1v) is 8.80. The molecule has 23 heavy (non-hydrogen) atoms. The van der Waals surface area contributed by atoms with Crippen molar-refractivity contribution in [1.29, 1.82) is 0 Å². The Balaban J connectivity index is 2.97. The smallest absolute Gasteiger partial charge is 0.319 e. The van der Waals surface area contributed by atoms with Gasteiger partial charge in [-0.1, -0.05) is 25.4 Å². The van der Waals surface area contributed by atoms with Crippen molar-refractivity contribution in [2.75, 3.05) is 11.9 Å². The summed E-state index contributed by atoms with van der Waals surface area (Å²) in [4.78, 5) is 24.0. The standard InChI is InChI=1S/C16H21ClFNO3S/c1-4-7-15(20)19-12-9-14(10(17)8-11(12)18)23-13(5-2)16(21)22-6-3/h8-9,13H,4-7H2,1-3H3,(H,19,20). The van der Waals surface area contributed by atoms with E-state index >= 15 is 0 Å². The normalized spacial score (nSPS) is 11.9. The Labute approximate surface area is 145 Å². The molecule has 1 unspecified atom stereocenters. The van der Waals surface area contributed by atoms with Crippen molar-refractivity contribution in [1.82, 2.24) is 0 Å². The summed E-state index contributed by atoms with van der Waals surface area (Å²) >= 11 is 7.26. The number of halogens is 2. The molecule has 0 saturated carbocycles. The Morgan fingerprint density at radius 3 is 2.61 bits per heavy atom. The Hall–Kier alpha value is -1.27. The van der Waals surface area contributed by atoms with Crippen molar-refractivity contribution in [2.24, 2.45) is 0 Å². The van der Waals surface area contributed by atoms with Crippen LogP contribution in [0, 0.1) is 5.82 Å². The molecule has 0 aliphatic carbocycles. The number of carbonyl (C=O) groups is 2. The van der Waals surface area contributed by atoms with E-state index in [9.17, 15) is 14.0 Å². The van der Waals surface area contributed by atoms with Gasteiger partial charge in [0.1, 0.15) is 11.1 Å². The van der Waals surface area contributed by atoms with Gasteiger partial charge in [0.05, 0.1) is 17.3 Å². The fourth-order valence-electron chi connectivity index (χ4n) is 1.84. The molecule has 1 aromatic rings. The highest BCUT2D eigenvalue weighted by molar-refractivity contribution is 8.00. The van der Waals surface area contributed by atoms with Crippen LogP contribution in [0.1, 0.15) is 40.0 Å². The van der Waals surface area contributed by atoms with Crippen LogP contribution in [0.4, 0.5) is 10.1 Å². The van der Waals surface area contributed by atoms with Crippen LogP contribution in [0.3, 0.4) is 0 Å². The highest BCUT2D eigenvalue weighted by Gasteiger charge is 2.21. The average molecular weight is 362 g/mol. The van der Waals surface area contributed by atoms with Crippen molar-refractivity contribution < 1.29 is 18.7 Å². The second-order valence-electron chi connectivity index (χ2n) is 4.83. The van der Waals surface area contributed by atoms with E-state index in [0.29, 0.717) is 30.8 Å². The molecule has 4 nitrogen and oxygen atoms in total. The summed E-state index contributed by atoms with van der Waals surface area (Å²) < 4.78 is 18.9. The van der Waals surface area contributed by atoms with Gasteiger partial charge in [0, 0.05) is 11.3 Å². The van der Waals surface area contributed by atoms with Gasteiger partial charge in [-0.25, -0.2) is 4.39 Å². The van der Waals surface area contributed by atoms with Crippen molar-refractivity contribution in [3.05, 3.63) is 23.0 Å². The lowest BCUT2D eigenvalue weighted by Gasteiger charge is -2.15. The monoisotopic (exact) mass is 361 g/mol.